The summed E-state index contributed by atoms with van der Waals surface area (Å²) in [4.78, 5) is 25.3. The molecule has 6 atom stereocenters. The molecule has 0 N–H and O–H groups in total. The van der Waals surface area contributed by atoms with Crippen molar-refractivity contribution in [1.82, 2.24) is 0 Å². The highest BCUT2D eigenvalue weighted by Gasteiger charge is 2.57. The highest BCUT2D eigenvalue weighted by molar-refractivity contribution is 5.67. The molecule has 0 spiro atoms. The van der Waals surface area contributed by atoms with Crippen LogP contribution < -0.4 is 0 Å². The summed E-state index contributed by atoms with van der Waals surface area (Å²) in [7, 11) is 0. The molecule has 1 aliphatic carbocycles. The first-order valence-corrected chi connectivity index (χ1v) is 15.4. The smallest absolute Gasteiger partial charge is 0.303 e. The molecule has 1 saturated carbocycles. The van der Waals surface area contributed by atoms with Crippen molar-refractivity contribution in [2.75, 3.05) is 0 Å². The van der Waals surface area contributed by atoms with E-state index in [0.29, 0.717) is 0 Å². The summed E-state index contributed by atoms with van der Waals surface area (Å²) in [6.07, 6.45) is -5.44. The summed E-state index contributed by atoms with van der Waals surface area (Å²) < 4.78 is 38.3. The fourth-order valence-electron chi connectivity index (χ4n) is 5.60. The number of hydrogen-bond donors (Lipinski definition) is 0. The maximum Gasteiger partial charge on any atom is 0.303 e. The molecule has 8 heteroatoms. The van der Waals surface area contributed by atoms with E-state index in [1.54, 1.807) is 0 Å². The number of hydrogen-bond acceptors (Lipinski definition) is 8. The van der Waals surface area contributed by atoms with Crippen LogP contribution in [0.4, 0.5) is 0 Å². The fraction of sp³-hybridized carbons (Fsp3) is 0.316. The lowest BCUT2D eigenvalue weighted by atomic mass is 9.83. The van der Waals surface area contributed by atoms with Gasteiger partial charge in [-0.25, -0.2) is 0 Å². The molecule has 0 aliphatic heterocycles. The van der Waals surface area contributed by atoms with Gasteiger partial charge in [0.15, 0.2) is 12.2 Å². The average molecular weight is 625 g/mol. The van der Waals surface area contributed by atoms with Crippen LogP contribution in [0.3, 0.4) is 0 Å². The summed E-state index contributed by atoms with van der Waals surface area (Å²) in [5, 5.41) is 0. The van der Waals surface area contributed by atoms with Crippen LogP contribution in [-0.2, 0) is 64.4 Å². The predicted molar refractivity (Wildman–Crippen MR) is 171 cm³/mol. The van der Waals surface area contributed by atoms with Gasteiger partial charge in [-0.1, -0.05) is 121 Å². The van der Waals surface area contributed by atoms with Crippen LogP contribution in [0.2, 0.25) is 0 Å². The number of benzene rings is 4. The zero-order chi connectivity index (χ0) is 32.1. The van der Waals surface area contributed by atoms with E-state index in [4.69, 9.17) is 28.4 Å². The van der Waals surface area contributed by atoms with Crippen molar-refractivity contribution >= 4 is 11.9 Å². The third-order valence-electron chi connectivity index (χ3n) is 7.69. The van der Waals surface area contributed by atoms with Crippen LogP contribution in [0.15, 0.2) is 121 Å². The Labute approximate surface area is 270 Å². The van der Waals surface area contributed by atoms with Crippen molar-refractivity contribution in [3.63, 3.8) is 0 Å². The first-order chi connectivity index (χ1) is 22.5. The first kappa shape index (κ1) is 33.0. The van der Waals surface area contributed by atoms with Gasteiger partial charge in [0.1, 0.15) is 24.4 Å². The molecule has 0 radical (unpaired) electrons. The van der Waals surface area contributed by atoms with Gasteiger partial charge in [0, 0.05) is 13.8 Å². The molecule has 2 unspecified atom stereocenters. The van der Waals surface area contributed by atoms with E-state index >= 15 is 0 Å². The van der Waals surface area contributed by atoms with Gasteiger partial charge >= 0.3 is 11.9 Å². The Bertz CT molecular complexity index is 1410. The summed E-state index contributed by atoms with van der Waals surface area (Å²) in [5.41, 5.74) is 3.69. The molecule has 0 aromatic heterocycles. The van der Waals surface area contributed by atoms with Crippen LogP contribution in [-0.4, -0.2) is 48.6 Å². The van der Waals surface area contributed by atoms with Crippen LogP contribution in [0.1, 0.15) is 36.1 Å². The topological polar surface area (TPSA) is 89.5 Å². The minimum absolute atomic E-state index is 0.174. The van der Waals surface area contributed by atoms with Gasteiger partial charge in [0.2, 0.25) is 0 Å². The summed E-state index contributed by atoms with van der Waals surface area (Å²) in [6, 6.07) is 38.8. The number of esters is 2. The number of carbonyl (C=O) groups is 2. The molecule has 5 rings (SSSR count). The van der Waals surface area contributed by atoms with Gasteiger partial charge in [-0.05, 0) is 22.3 Å². The highest BCUT2D eigenvalue weighted by atomic mass is 16.6. The predicted octanol–water partition coefficient (Wildman–Crippen LogP) is 6.21. The van der Waals surface area contributed by atoms with E-state index < -0.39 is 48.6 Å². The van der Waals surface area contributed by atoms with E-state index in [-0.39, 0.29) is 26.4 Å². The number of ether oxygens (including phenoxy) is 6. The maximum absolute atomic E-state index is 12.6. The third-order valence-corrected chi connectivity index (χ3v) is 7.69. The Hall–Kier alpha value is -4.34. The van der Waals surface area contributed by atoms with Gasteiger partial charge in [-0.3, -0.25) is 9.59 Å². The van der Waals surface area contributed by atoms with Crippen molar-refractivity contribution in [3.05, 3.63) is 144 Å². The maximum atomic E-state index is 12.6. The van der Waals surface area contributed by atoms with E-state index in [9.17, 15) is 9.59 Å². The molecule has 46 heavy (non-hydrogen) atoms. The van der Waals surface area contributed by atoms with E-state index in [0.717, 1.165) is 22.3 Å². The van der Waals surface area contributed by atoms with E-state index in [1.165, 1.54) is 13.8 Å². The number of carbonyl (C=O) groups excluding carboxylic acids is 2. The largest absolute Gasteiger partial charge is 0.457 e. The highest BCUT2D eigenvalue weighted by Crippen LogP contribution is 2.36. The third kappa shape index (κ3) is 9.34. The SMILES string of the molecule is CC(=O)O[C@H]1C(OCc2ccccc2)[C@H](OC(C)=O)[C@@H](OCc2ccccc2)C(OCc2ccccc2)[C@H]1OCc1ccccc1. The summed E-state index contributed by atoms with van der Waals surface area (Å²) >= 11 is 0. The van der Waals surface area contributed by atoms with E-state index in [2.05, 4.69) is 0 Å². The molecule has 240 valence electrons. The minimum atomic E-state index is -0.994. The molecule has 1 aliphatic rings. The average Bonchev–Trinajstić information content (AvgIpc) is 3.07. The van der Waals surface area contributed by atoms with Gasteiger partial charge in [0.25, 0.3) is 0 Å². The van der Waals surface area contributed by atoms with E-state index in [1.807, 2.05) is 121 Å². The molecule has 0 saturated heterocycles. The van der Waals surface area contributed by atoms with Crippen molar-refractivity contribution in [3.8, 4) is 0 Å². The Balaban J connectivity index is 1.55. The second-order valence-electron chi connectivity index (χ2n) is 11.2. The number of rotatable bonds is 14. The van der Waals surface area contributed by atoms with Crippen LogP contribution >= 0.6 is 0 Å². The quantitative estimate of drug-likeness (QED) is 0.153. The summed E-state index contributed by atoms with van der Waals surface area (Å²) in [6.45, 7) is 3.49. The Morgan fingerprint density at radius 2 is 0.609 bits per heavy atom. The lowest BCUT2D eigenvalue weighted by molar-refractivity contribution is -0.280. The van der Waals surface area contributed by atoms with Gasteiger partial charge in [-0.15, -0.1) is 0 Å². The second-order valence-corrected chi connectivity index (χ2v) is 11.2. The molecule has 4 aromatic rings. The Kier molecular flexibility index (Phi) is 12.1. The standard InChI is InChI=1S/C38H40O8/c1-27(39)45-37-34(42-24-30-17-9-4-10-18-30)33(41-23-29-15-7-3-8-16-29)35(43-25-31-19-11-5-12-20-31)38(46-28(2)40)36(37)44-26-32-21-13-6-14-22-32/h3-22,33-38H,23-26H2,1-2H3/t33?,34-,35+,36?,37-,38-/m1/s1. The molecular weight excluding hydrogens is 584 g/mol. The fourth-order valence-corrected chi connectivity index (χ4v) is 5.60. The molecule has 8 nitrogen and oxygen atoms in total. The zero-order valence-corrected chi connectivity index (χ0v) is 26.1. The van der Waals surface area contributed by atoms with Gasteiger partial charge < -0.3 is 28.4 Å². The summed E-state index contributed by atoms with van der Waals surface area (Å²) in [5.74, 6) is -1.06. The van der Waals surface area contributed by atoms with Crippen molar-refractivity contribution in [2.24, 2.45) is 0 Å². The Morgan fingerprint density at radius 1 is 0.391 bits per heavy atom. The van der Waals surface area contributed by atoms with Crippen LogP contribution in [0.25, 0.3) is 0 Å². The van der Waals surface area contributed by atoms with Crippen molar-refractivity contribution in [2.45, 2.75) is 76.9 Å². The van der Waals surface area contributed by atoms with Crippen molar-refractivity contribution in [1.29, 1.82) is 0 Å². The van der Waals surface area contributed by atoms with Crippen LogP contribution in [0.5, 0.6) is 0 Å². The van der Waals surface area contributed by atoms with Crippen LogP contribution in [0, 0.1) is 0 Å². The van der Waals surface area contributed by atoms with Gasteiger partial charge in [-0.2, -0.15) is 0 Å². The Morgan fingerprint density at radius 3 is 0.848 bits per heavy atom. The molecule has 0 heterocycles. The van der Waals surface area contributed by atoms with Gasteiger partial charge in [0.05, 0.1) is 26.4 Å². The minimum Gasteiger partial charge on any atom is -0.457 e. The molecule has 0 amide bonds. The lowest BCUT2D eigenvalue weighted by Crippen LogP contribution is -2.67. The second kappa shape index (κ2) is 16.8. The first-order valence-electron chi connectivity index (χ1n) is 15.4. The molecular formula is C38H40O8. The monoisotopic (exact) mass is 624 g/mol. The zero-order valence-electron chi connectivity index (χ0n) is 26.1. The molecule has 1 fully saturated rings. The molecule has 4 aromatic carbocycles. The molecule has 0 bridgehead atoms. The normalized spacial score (nSPS) is 22.6. The lowest BCUT2D eigenvalue weighted by Gasteiger charge is -2.48. The van der Waals surface area contributed by atoms with Crippen molar-refractivity contribution < 1.29 is 38.0 Å².